The van der Waals surface area contributed by atoms with Gasteiger partial charge in [0.2, 0.25) is 0 Å². The van der Waals surface area contributed by atoms with Gasteiger partial charge in [-0.1, -0.05) is 26.7 Å². The van der Waals surface area contributed by atoms with Crippen LogP contribution in [0.25, 0.3) is 0 Å². The summed E-state index contributed by atoms with van der Waals surface area (Å²) in [7, 11) is 0. The molecule has 1 nitrogen and oxygen atoms in total. The first kappa shape index (κ1) is 10.3. The molecule has 62 valence electrons. The Kier molecular flexibility index (Phi) is 7.65. The molecule has 0 amide bonds. The monoisotopic (exact) mass is 162 g/mol. The lowest BCUT2D eigenvalue weighted by atomic mass is 10.2. The molecule has 0 saturated heterocycles. The highest BCUT2D eigenvalue weighted by atomic mass is 32.2. The summed E-state index contributed by atoms with van der Waals surface area (Å²) in [6, 6.07) is 0. The van der Waals surface area contributed by atoms with Crippen molar-refractivity contribution < 1.29 is 5.11 Å². The molecule has 0 aliphatic carbocycles. The Balaban J connectivity index is 3.21. The first-order valence-electron chi connectivity index (χ1n) is 4.07. The van der Waals surface area contributed by atoms with Crippen molar-refractivity contribution in [2.45, 2.75) is 38.4 Å². The molecular formula is C8H18OS. The minimum absolute atomic E-state index is 0.346. The van der Waals surface area contributed by atoms with Gasteiger partial charge in [0.05, 0.1) is 6.61 Å². The van der Waals surface area contributed by atoms with Gasteiger partial charge in [-0.15, -0.1) is 0 Å². The van der Waals surface area contributed by atoms with Crippen molar-refractivity contribution in [3.63, 3.8) is 0 Å². The lowest BCUT2D eigenvalue weighted by Crippen LogP contribution is -2.08. The van der Waals surface area contributed by atoms with Crippen molar-refractivity contribution in [3.8, 4) is 0 Å². The molecule has 1 N–H and O–H groups in total. The number of aliphatic hydroxyl groups is 1. The number of hydrogen-bond donors (Lipinski definition) is 1. The molecule has 0 fully saturated rings. The molecular weight excluding hydrogens is 144 g/mol. The second kappa shape index (κ2) is 7.42. The van der Waals surface area contributed by atoms with Gasteiger partial charge in [-0.2, -0.15) is 11.8 Å². The van der Waals surface area contributed by atoms with Crippen LogP contribution in [-0.2, 0) is 0 Å². The second-order valence-electron chi connectivity index (χ2n) is 2.40. The van der Waals surface area contributed by atoms with Gasteiger partial charge in [0.25, 0.3) is 0 Å². The topological polar surface area (TPSA) is 20.2 Å². The number of aliphatic hydroxyl groups excluding tert-OH is 1. The quantitative estimate of drug-likeness (QED) is 0.646. The first-order valence-corrected chi connectivity index (χ1v) is 5.12. The third kappa shape index (κ3) is 5.12. The summed E-state index contributed by atoms with van der Waals surface area (Å²) in [6.07, 6.45) is 3.66. The molecule has 0 aliphatic rings. The Hall–Kier alpha value is 0.310. The molecule has 1 unspecified atom stereocenters. The van der Waals surface area contributed by atoms with E-state index in [9.17, 15) is 0 Å². The van der Waals surface area contributed by atoms with E-state index in [1.54, 1.807) is 0 Å². The van der Waals surface area contributed by atoms with E-state index in [2.05, 4.69) is 13.8 Å². The van der Waals surface area contributed by atoms with E-state index in [1.807, 2.05) is 11.8 Å². The fraction of sp³-hybridized carbons (Fsp3) is 1.00. The maximum atomic E-state index is 8.86. The van der Waals surface area contributed by atoms with E-state index >= 15 is 0 Å². The molecule has 0 aromatic rings. The van der Waals surface area contributed by atoms with Gasteiger partial charge in [-0.3, -0.25) is 0 Å². The minimum atomic E-state index is 0.346. The molecule has 2 heteroatoms. The molecule has 0 heterocycles. The Morgan fingerprint density at radius 2 is 2.10 bits per heavy atom. The molecule has 0 radical (unpaired) electrons. The Morgan fingerprint density at radius 3 is 2.50 bits per heavy atom. The second-order valence-corrected chi connectivity index (χ2v) is 3.98. The number of rotatable bonds is 6. The van der Waals surface area contributed by atoms with Crippen LogP contribution in [0.1, 0.15) is 33.1 Å². The lowest BCUT2D eigenvalue weighted by molar-refractivity contribution is 0.289. The minimum Gasteiger partial charge on any atom is -0.395 e. The molecule has 0 bridgehead atoms. The maximum Gasteiger partial charge on any atom is 0.0550 e. The Labute approximate surface area is 68.2 Å². The number of thioether (sulfide) groups is 1. The maximum absolute atomic E-state index is 8.86. The summed E-state index contributed by atoms with van der Waals surface area (Å²) in [5.74, 6) is 1.12. The summed E-state index contributed by atoms with van der Waals surface area (Å²) in [5.41, 5.74) is 0. The molecule has 10 heavy (non-hydrogen) atoms. The molecule has 0 aromatic carbocycles. The zero-order chi connectivity index (χ0) is 7.82. The fourth-order valence-electron chi connectivity index (χ4n) is 0.895. The highest BCUT2D eigenvalue weighted by Gasteiger charge is 2.04. The van der Waals surface area contributed by atoms with Gasteiger partial charge in [0, 0.05) is 5.25 Å². The van der Waals surface area contributed by atoms with Crippen molar-refractivity contribution in [1.82, 2.24) is 0 Å². The van der Waals surface area contributed by atoms with Crippen molar-refractivity contribution in [1.29, 1.82) is 0 Å². The summed E-state index contributed by atoms with van der Waals surface area (Å²) in [6.45, 7) is 4.67. The van der Waals surface area contributed by atoms with Crippen LogP contribution in [0.5, 0.6) is 0 Å². The highest BCUT2D eigenvalue weighted by molar-refractivity contribution is 7.99. The van der Waals surface area contributed by atoms with Gasteiger partial charge in [0.1, 0.15) is 0 Å². The van der Waals surface area contributed by atoms with Crippen LogP contribution in [-0.4, -0.2) is 22.7 Å². The smallest absolute Gasteiger partial charge is 0.0550 e. The van der Waals surface area contributed by atoms with E-state index in [0.29, 0.717) is 11.9 Å². The molecule has 0 aliphatic heterocycles. The lowest BCUT2D eigenvalue weighted by Gasteiger charge is -2.10. The first-order chi connectivity index (χ1) is 4.85. The Morgan fingerprint density at radius 1 is 1.40 bits per heavy atom. The average Bonchev–Trinajstić information content (AvgIpc) is 1.98. The molecule has 0 saturated carbocycles. The van der Waals surface area contributed by atoms with Crippen molar-refractivity contribution >= 4 is 11.8 Å². The molecule has 1 atom stereocenters. The van der Waals surface area contributed by atoms with Crippen molar-refractivity contribution in [3.05, 3.63) is 0 Å². The van der Waals surface area contributed by atoms with Crippen LogP contribution < -0.4 is 0 Å². The van der Waals surface area contributed by atoms with Crippen LogP contribution in [0.2, 0.25) is 0 Å². The third-order valence-electron chi connectivity index (χ3n) is 1.49. The van der Waals surface area contributed by atoms with Crippen LogP contribution >= 0.6 is 11.8 Å². The van der Waals surface area contributed by atoms with E-state index < -0.39 is 0 Å². The van der Waals surface area contributed by atoms with Gasteiger partial charge in [-0.25, -0.2) is 0 Å². The Bertz CT molecular complexity index is 66.3. The SMILES string of the molecule is CCCCC(CO)SCC. The largest absolute Gasteiger partial charge is 0.395 e. The van der Waals surface area contributed by atoms with Gasteiger partial charge >= 0.3 is 0 Å². The predicted octanol–water partition coefficient (Wildman–Crippen LogP) is 2.29. The van der Waals surface area contributed by atoms with E-state index in [1.165, 1.54) is 19.3 Å². The summed E-state index contributed by atoms with van der Waals surface area (Å²) in [4.78, 5) is 0. The van der Waals surface area contributed by atoms with Gasteiger partial charge < -0.3 is 5.11 Å². The van der Waals surface area contributed by atoms with E-state index in [-0.39, 0.29) is 0 Å². The number of unbranched alkanes of at least 4 members (excludes halogenated alkanes) is 1. The van der Waals surface area contributed by atoms with Crippen LogP contribution in [0, 0.1) is 0 Å². The molecule has 0 aromatic heterocycles. The molecule has 0 rings (SSSR count). The van der Waals surface area contributed by atoms with E-state index in [0.717, 1.165) is 5.75 Å². The summed E-state index contributed by atoms with van der Waals surface area (Å²) < 4.78 is 0. The summed E-state index contributed by atoms with van der Waals surface area (Å²) >= 11 is 1.87. The van der Waals surface area contributed by atoms with Crippen LogP contribution in [0.15, 0.2) is 0 Å². The fourth-order valence-corrected chi connectivity index (χ4v) is 1.80. The summed E-state index contributed by atoms with van der Waals surface area (Å²) in [5, 5.41) is 9.35. The zero-order valence-corrected chi connectivity index (χ0v) is 7.78. The standard InChI is InChI=1S/C8H18OS/c1-3-5-6-8(7-9)10-4-2/h8-9H,3-7H2,1-2H3. The van der Waals surface area contributed by atoms with Crippen molar-refractivity contribution in [2.75, 3.05) is 12.4 Å². The zero-order valence-electron chi connectivity index (χ0n) is 6.97. The average molecular weight is 162 g/mol. The normalized spacial score (nSPS) is 13.5. The van der Waals surface area contributed by atoms with E-state index in [4.69, 9.17) is 5.11 Å². The highest BCUT2D eigenvalue weighted by Crippen LogP contribution is 2.15. The predicted molar refractivity (Wildman–Crippen MR) is 48.5 cm³/mol. The van der Waals surface area contributed by atoms with Crippen LogP contribution in [0.3, 0.4) is 0 Å². The third-order valence-corrected chi connectivity index (χ3v) is 2.68. The number of hydrogen-bond acceptors (Lipinski definition) is 2. The van der Waals surface area contributed by atoms with Gasteiger partial charge in [0.15, 0.2) is 0 Å². The van der Waals surface area contributed by atoms with Crippen LogP contribution in [0.4, 0.5) is 0 Å². The molecule has 0 spiro atoms. The van der Waals surface area contributed by atoms with Gasteiger partial charge in [-0.05, 0) is 12.2 Å². The van der Waals surface area contributed by atoms with Crippen molar-refractivity contribution in [2.24, 2.45) is 0 Å².